The molecule has 170 valence electrons. The van der Waals surface area contributed by atoms with Gasteiger partial charge in [-0.25, -0.2) is 0 Å². The van der Waals surface area contributed by atoms with E-state index >= 15 is 0 Å². The molecular formula is C26H34N4O2. The predicted octanol–water partition coefficient (Wildman–Crippen LogP) is 2.92. The van der Waals surface area contributed by atoms with Gasteiger partial charge >= 0.3 is 0 Å². The molecule has 0 bridgehead atoms. The number of Topliss-reactive ketones (excluding diaryl/α,β-unsaturated/α-hetero) is 1. The monoisotopic (exact) mass is 434 g/mol. The Morgan fingerprint density at radius 3 is 2.03 bits per heavy atom. The van der Waals surface area contributed by atoms with Gasteiger partial charge in [0.1, 0.15) is 0 Å². The lowest BCUT2D eigenvalue weighted by Gasteiger charge is -2.40. The van der Waals surface area contributed by atoms with Gasteiger partial charge in [0, 0.05) is 69.7 Å². The summed E-state index contributed by atoms with van der Waals surface area (Å²) in [5.74, 6) is 0.339. The van der Waals surface area contributed by atoms with Crippen molar-refractivity contribution in [1.82, 2.24) is 14.7 Å². The third-order valence-corrected chi connectivity index (χ3v) is 6.87. The molecule has 0 saturated carbocycles. The van der Waals surface area contributed by atoms with Crippen molar-refractivity contribution < 1.29 is 9.59 Å². The van der Waals surface area contributed by atoms with Crippen molar-refractivity contribution in [3.8, 4) is 0 Å². The van der Waals surface area contributed by atoms with Crippen LogP contribution in [0.3, 0.4) is 0 Å². The van der Waals surface area contributed by atoms with Crippen LogP contribution in [0.15, 0.2) is 54.6 Å². The zero-order valence-corrected chi connectivity index (χ0v) is 19.2. The molecule has 2 saturated heterocycles. The second-order valence-corrected chi connectivity index (χ2v) is 8.87. The summed E-state index contributed by atoms with van der Waals surface area (Å²) >= 11 is 0. The van der Waals surface area contributed by atoms with Crippen LogP contribution in [0.5, 0.6) is 0 Å². The van der Waals surface area contributed by atoms with Crippen molar-refractivity contribution in [3.63, 3.8) is 0 Å². The molecule has 0 N–H and O–H groups in total. The Labute approximate surface area is 191 Å². The standard InChI is InChI=1S/C26H34N4O2/c1-21(23-6-4-3-5-7-23)28-16-18-30(19-17-28)26(32)20-27-12-14-29(15-13-27)25-10-8-24(9-11-25)22(2)31/h3-11,21H,12-20H2,1-2H3/t21-/m1/s1. The molecule has 2 heterocycles. The normalized spacial score (nSPS) is 19.1. The Morgan fingerprint density at radius 2 is 1.44 bits per heavy atom. The molecule has 2 aromatic rings. The van der Waals surface area contributed by atoms with Crippen molar-refractivity contribution in [2.75, 3.05) is 63.8 Å². The maximum atomic E-state index is 12.9. The third kappa shape index (κ3) is 5.37. The smallest absolute Gasteiger partial charge is 0.236 e. The van der Waals surface area contributed by atoms with Crippen LogP contribution in [0, 0.1) is 0 Å². The van der Waals surface area contributed by atoms with Crippen LogP contribution in [0.4, 0.5) is 5.69 Å². The molecule has 0 radical (unpaired) electrons. The lowest BCUT2D eigenvalue weighted by Crippen LogP contribution is -2.54. The number of amides is 1. The van der Waals surface area contributed by atoms with Crippen LogP contribution in [-0.2, 0) is 4.79 Å². The summed E-state index contributed by atoms with van der Waals surface area (Å²) in [5, 5.41) is 0. The average molecular weight is 435 g/mol. The lowest BCUT2D eigenvalue weighted by molar-refractivity contribution is -0.134. The molecule has 6 heteroatoms. The van der Waals surface area contributed by atoms with E-state index in [9.17, 15) is 9.59 Å². The Morgan fingerprint density at radius 1 is 0.812 bits per heavy atom. The van der Waals surface area contributed by atoms with Gasteiger partial charge in [0.2, 0.25) is 5.91 Å². The number of hydrogen-bond donors (Lipinski definition) is 0. The van der Waals surface area contributed by atoms with Crippen LogP contribution in [0.2, 0.25) is 0 Å². The Bertz CT molecular complexity index is 899. The van der Waals surface area contributed by atoms with Gasteiger partial charge in [-0.15, -0.1) is 0 Å². The van der Waals surface area contributed by atoms with Crippen molar-refractivity contribution in [3.05, 3.63) is 65.7 Å². The molecule has 6 nitrogen and oxygen atoms in total. The zero-order chi connectivity index (χ0) is 22.5. The van der Waals surface area contributed by atoms with Gasteiger partial charge < -0.3 is 9.80 Å². The first-order valence-corrected chi connectivity index (χ1v) is 11.7. The minimum Gasteiger partial charge on any atom is -0.369 e. The van der Waals surface area contributed by atoms with Crippen molar-refractivity contribution in [2.45, 2.75) is 19.9 Å². The minimum absolute atomic E-state index is 0.0928. The molecule has 1 amide bonds. The largest absolute Gasteiger partial charge is 0.369 e. The Hall–Kier alpha value is -2.70. The molecule has 2 aliphatic heterocycles. The van der Waals surface area contributed by atoms with E-state index < -0.39 is 0 Å². The van der Waals surface area contributed by atoms with Crippen molar-refractivity contribution >= 4 is 17.4 Å². The zero-order valence-electron chi connectivity index (χ0n) is 19.2. The summed E-state index contributed by atoms with van der Waals surface area (Å²) in [5.41, 5.74) is 3.22. The minimum atomic E-state index is 0.0928. The number of ketones is 1. The highest BCUT2D eigenvalue weighted by molar-refractivity contribution is 5.94. The SMILES string of the molecule is CC(=O)c1ccc(N2CCN(CC(=O)N3CCN([C@H](C)c4ccccc4)CC3)CC2)cc1. The van der Waals surface area contributed by atoms with E-state index in [1.807, 2.05) is 29.2 Å². The fourth-order valence-electron chi connectivity index (χ4n) is 4.66. The van der Waals surface area contributed by atoms with E-state index in [-0.39, 0.29) is 11.7 Å². The second-order valence-electron chi connectivity index (χ2n) is 8.87. The summed E-state index contributed by atoms with van der Waals surface area (Å²) in [6, 6.07) is 18.8. The maximum Gasteiger partial charge on any atom is 0.236 e. The highest BCUT2D eigenvalue weighted by Gasteiger charge is 2.27. The average Bonchev–Trinajstić information content (AvgIpc) is 2.85. The van der Waals surface area contributed by atoms with E-state index in [1.165, 1.54) is 5.56 Å². The number of carbonyl (C=O) groups is 2. The molecule has 2 fully saturated rings. The number of anilines is 1. The van der Waals surface area contributed by atoms with E-state index in [0.717, 1.165) is 63.6 Å². The van der Waals surface area contributed by atoms with Crippen LogP contribution in [-0.4, -0.2) is 85.3 Å². The molecule has 1 atom stereocenters. The van der Waals surface area contributed by atoms with Crippen molar-refractivity contribution in [2.24, 2.45) is 0 Å². The quantitative estimate of drug-likeness (QED) is 0.655. The van der Waals surface area contributed by atoms with Gasteiger partial charge in [-0.05, 0) is 43.7 Å². The topological polar surface area (TPSA) is 47.1 Å². The Kier molecular flexibility index (Phi) is 7.22. The maximum absolute atomic E-state index is 12.9. The summed E-state index contributed by atoms with van der Waals surface area (Å²) < 4.78 is 0. The van der Waals surface area contributed by atoms with Crippen LogP contribution < -0.4 is 4.90 Å². The highest BCUT2D eigenvalue weighted by Crippen LogP contribution is 2.22. The van der Waals surface area contributed by atoms with Crippen molar-refractivity contribution in [1.29, 1.82) is 0 Å². The molecule has 0 aromatic heterocycles. The van der Waals surface area contributed by atoms with E-state index in [0.29, 0.717) is 12.6 Å². The molecule has 2 aromatic carbocycles. The van der Waals surface area contributed by atoms with E-state index in [2.05, 4.69) is 52.0 Å². The lowest BCUT2D eigenvalue weighted by atomic mass is 10.1. The number of benzene rings is 2. The summed E-state index contributed by atoms with van der Waals surface area (Å²) in [6.07, 6.45) is 0. The van der Waals surface area contributed by atoms with Gasteiger partial charge in [-0.2, -0.15) is 0 Å². The van der Waals surface area contributed by atoms with Gasteiger partial charge in [0.25, 0.3) is 0 Å². The van der Waals surface area contributed by atoms with E-state index in [1.54, 1.807) is 6.92 Å². The number of rotatable bonds is 6. The fraction of sp³-hybridized carbons (Fsp3) is 0.462. The van der Waals surface area contributed by atoms with Crippen LogP contribution in [0.25, 0.3) is 0 Å². The molecule has 0 aliphatic carbocycles. The predicted molar refractivity (Wildman–Crippen MR) is 128 cm³/mol. The first kappa shape index (κ1) is 22.5. The molecule has 4 rings (SSSR count). The molecular weight excluding hydrogens is 400 g/mol. The van der Waals surface area contributed by atoms with Crippen LogP contribution in [0.1, 0.15) is 35.8 Å². The second kappa shape index (κ2) is 10.3. The summed E-state index contributed by atoms with van der Waals surface area (Å²) in [4.78, 5) is 33.4. The molecule has 0 spiro atoms. The first-order valence-electron chi connectivity index (χ1n) is 11.7. The Balaban J connectivity index is 1.21. The molecule has 2 aliphatic rings. The fourth-order valence-corrected chi connectivity index (χ4v) is 4.66. The summed E-state index contributed by atoms with van der Waals surface area (Å²) in [7, 11) is 0. The third-order valence-electron chi connectivity index (χ3n) is 6.87. The number of carbonyl (C=O) groups excluding carboxylic acids is 2. The van der Waals surface area contributed by atoms with Gasteiger partial charge in [-0.1, -0.05) is 30.3 Å². The molecule has 32 heavy (non-hydrogen) atoms. The van der Waals surface area contributed by atoms with E-state index in [4.69, 9.17) is 0 Å². The van der Waals surface area contributed by atoms with Gasteiger partial charge in [0.05, 0.1) is 6.54 Å². The summed E-state index contributed by atoms with van der Waals surface area (Å²) in [6.45, 7) is 11.4. The highest BCUT2D eigenvalue weighted by atomic mass is 16.2. The number of piperazine rings is 2. The van der Waals surface area contributed by atoms with Gasteiger partial charge in [0.15, 0.2) is 5.78 Å². The van der Waals surface area contributed by atoms with Crippen LogP contribution >= 0.6 is 0 Å². The first-order chi connectivity index (χ1) is 15.5. The van der Waals surface area contributed by atoms with Gasteiger partial charge in [-0.3, -0.25) is 19.4 Å². The number of nitrogens with zero attached hydrogens (tertiary/aromatic N) is 4. The molecule has 0 unspecified atom stereocenters. The number of hydrogen-bond acceptors (Lipinski definition) is 5.